The summed E-state index contributed by atoms with van der Waals surface area (Å²) in [5.41, 5.74) is 2.27. The highest BCUT2D eigenvalue weighted by Crippen LogP contribution is 2.17. The highest BCUT2D eigenvalue weighted by Gasteiger charge is 2.00. The summed E-state index contributed by atoms with van der Waals surface area (Å²) in [4.78, 5) is 0. The second kappa shape index (κ2) is 3.38. The number of anilines is 1. The van der Waals surface area contributed by atoms with E-state index in [-0.39, 0.29) is 5.23 Å². The fourth-order valence-corrected chi connectivity index (χ4v) is 0.972. The Bertz CT molecular complexity index is 295. The largest absolute Gasteiger partial charge is 0.264 e. The molecule has 0 aliphatic rings. The lowest BCUT2D eigenvalue weighted by molar-refractivity contribution is 0.0291. The SMILES string of the molecule is C=Cc1cc(N(O)O)ccc1C. The Morgan fingerprint density at radius 1 is 1.42 bits per heavy atom. The first-order valence-corrected chi connectivity index (χ1v) is 3.56. The van der Waals surface area contributed by atoms with Crippen molar-refractivity contribution in [1.82, 2.24) is 0 Å². The number of nitrogens with zero attached hydrogens (tertiary/aromatic N) is 1. The molecular formula is C9H11NO2. The Hall–Kier alpha value is -1.32. The summed E-state index contributed by atoms with van der Waals surface area (Å²) in [6.07, 6.45) is 1.67. The fourth-order valence-electron chi connectivity index (χ4n) is 0.972. The van der Waals surface area contributed by atoms with E-state index in [1.807, 2.05) is 6.92 Å². The standard InChI is InChI=1S/C9H11NO2/c1-3-8-6-9(10(11)12)5-4-7(8)2/h3-6,11-12H,1H2,2H3. The third kappa shape index (κ3) is 1.64. The summed E-state index contributed by atoms with van der Waals surface area (Å²) in [5.74, 6) is 0. The Morgan fingerprint density at radius 3 is 2.58 bits per heavy atom. The Morgan fingerprint density at radius 2 is 2.08 bits per heavy atom. The van der Waals surface area contributed by atoms with Gasteiger partial charge in [0, 0.05) is 0 Å². The van der Waals surface area contributed by atoms with Crippen LogP contribution < -0.4 is 5.23 Å². The second-order valence-electron chi connectivity index (χ2n) is 2.53. The quantitative estimate of drug-likeness (QED) is 0.660. The Kier molecular flexibility index (Phi) is 2.47. The van der Waals surface area contributed by atoms with E-state index in [0.29, 0.717) is 5.69 Å². The normalized spacial score (nSPS) is 9.58. The molecule has 1 aromatic carbocycles. The van der Waals surface area contributed by atoms with Crippen LogP contribution in [0, 0.1) is 6.92 Å². The van der Waals surface area contributed by atoms with Gasteiger partial charge in [-0.1, -0.05) is 18.7 Å². The van der Waals surface area contributed by atoms with Crippen molar-refractivity contribution < 1.29 is 10.4 Å². The maximum Gasteiger partial charge on any atom is 0.0948 e. The first kappa shape index (κ1) is 8.77. The average molecular weight is 165 g/mol. The first-order valence-electron chi connectivity index (χ1n) is 3.56. The fraction of sp³-hybridized carbons (Fsp3) is 0.111. The molecule has 2 N–H and O–H groups in total. The summed E-state index contributed by atoms with van der Waals surface area (Å²) in [6.45, 7) is 5.54. The van der Waals surface area contributed by atoms with Gasteiger partial charge in [-0.2, -0.15) is 0 Å². The molecule has 0 bridgehead atoms. The third-order valence-electron chi connectivity index (χ3n) is 1.71. The zero-order chi connectivity index (χ0) is 9.14. The topological polar surface area (TPSA) is 43.7 Å². The van der Waals surface area contributed by atoms with Crippen molar-refractivity contribution >= 4 is 11.8 Å². The van der Waals surface area contributed by atoms with Crippen molar-refractivity contribution in [3.8, 4) is 0 Å². The van der Waals surface area contributed by atoms with Crippen molar-refractivity contribution in [2.75, 3.05) is 5.23 Å². The summed E-state index contributed by atoms with van der Waals surface area (Å²) in [7, 11) is 0. The van der Waals surface area contributed by atoms with E-state index in [9.17, 15) is 0 Å². The van der Waals surface area contributed by atoms with Gasteiger partial charge < -0.3 is 0 Å². The molecule has 0 aliphatic heterocycles. The molecule has 64 valence electrons. The van der Waals surface area contributed by atoms with Crippen molar-refractivity contribution in [1.29, 1.82) is 0 Å². The second-order valence-corrected chi connectivity index (χ2v) is 2.53. The van der Waals surface area contributed by atoms with Gasteiger partial charge in [0.1, 0.15) is 0 Å². The van der Waals surface area contributed by atoms with Crippen LogP contribution in [0.25, 0.3) is 6.08 Å². The van der Waals surface area contributed by atoms with Crippen LogP contribution in [-0.2, 0) is 0 Å². The number of rotatable bonds is 2. The van der Waals surface area contributed by atoms with Gasteiger partial charge in [0.15, 0.2) is 0 Å². The molecule has 1 rings (SSSR count). The zero-order valence-corrected chi connectivity index (χ0v) is 6.86. The number of benzene rings is 1. The molecule has 0 unspecified atom stereocenters. The van der Waals surface area contributed by atoms with Crippen molar-refractivity contribution in [2.45, 2.75) is 6.92 Å². The van der Waals surface area contributed by atoms with E-state index in [1.54, 1.807) is 24.3 Å². The molecule has 0 heterocycles. The van der Waals surface area contributed by atoms with Gasteiger partial charge in [-0.15, -0.1) is 5.23 Å². The molecule has 12 heavy (non-hydrogen) atoms. The smallest absolute Gasteiger partial charge is 0.0948 e. The molecule has 3 nitrogen and oxygen atoms in total. The van der Waals surface area contributed by atoms with Gasteiger partial charge in [-0.25, -0.2) is 0 Å². The molecular weight excluding hydrogens is 154 g/mol. The Balaban J connectivity index is 3.13. The zero-order valence-electron chi connectivity index (χ0n) is 6.86. The molecule has 0 radical (unpaired) electrons. The van der Waals surface area contributed by atoms with Gasteiger partial charge in [0.25, 0.3) is 0 Å². The molecule has 0 saturated carbocycles. The van der Waals surface area contributed by atoms with Gasteiger partial charge in [0.05, 0.1) is 5.69 Å². The molecule has 0 aliphatic carbocycles. The van der Waals surface area contributed by atoms with E-state index in [0.717, 1.165) is 11.1 Å². The summed E-state index contributed by atoms with van der Waals surface area (Å²) in [6, 6.07) is 5.05. The minimum Gasteiger partial charge on any atom is -0.264 e. The van der Waals surface area contributed by atoms with E-state index in [1.165, 1.54) is 0 Å². The van der Waals surface area contributed by atoms with Gasteiger partial charge in [0.2, 0.25) is 0 Å². The number of aryl methyl sites for hydroxylation is 1. The van der Waals surface area contributed by atoms with E-state index in [4.69, 9.17) is 10.4 Å². The van der Waals surface area contributed by atoms with E-state index < -0.39 is 0 Å². The van der Waals surface area contributed by atoms with E-state index in [2.05, 4.69) is 6.58 Å². The maximum atomic E-state index is 8.69. The monoisotopic (exact) mass is 165 g/mol. The number of hydrogen-bond donors (Lipinski definition) is 2. The van der Waals surface area contributed by atoms with E-state index >= 15 is 0 Å². The lowest BCUT2D eigenvalue weighted by Crippen LogP contribution is -2.10. The molecule has 0 aromatic heterocycles. The van der Waals surface area contributed by atoms with Crippen LogP contribution in [0.2, 0.25) is 0 Å². The minimum absolute atomic E-state index is 0.0897. The third-order valence-corrected chi connectivity index (χ3v) is 1.71. The van der Waals surface area contributed by atoms with Gasteiger partial charge >= 0.3 is 0 Å². The Labute approximate surface area is 71.1 Å². The summed E-state index contributed by atoms with van der Waals surface area (Å²) < 4.78 is 0. The highest BCUT2D eigenvalue weighted by atomic mass is 16.8. The molecule has 0 atom stereocenters. The summed E-state index contributed by atoms with van der Waals surface area (Å²) >= 11 is 0. The van der Waals surface area contributed by atoms with Gasteiger partial charge in [-0.05, 0) is 30.2 Å². The van der Waals surface area contributed by atoms with Crippen LogP contribution in [-0.4, -0.2) is 10.4 Å². The molecule has 0 fully saturated rings. The lowest BCUT2D eigenvalue weighted by Gasteiger charge is -2.09. The predicted molar refractivity (Wildman–Crippen MR) is 47.3 cm³/mol. The van der Waals surface area contributed by atoms with Crippen LogP contribution in [0.4, 0.5) is 5.69 Å². The van der Waals surface area contributed by atoms with Crippen LogP contribution in [0.15, 0.2) is 24.8 Å². The lowest BCUT2D eigenvalue weighted by atomic mass is 10.1. The highest BCUT2D eigenvalue weighted by molar-refractivity contribution is 5.58. The van der Waals surface area contributed by atoms with Crippen LogP contribution in [0.1, 0.15) is 11.1 Å². The van der Waals surface area contributed by atoms with Crippen molar-refractivity contribution in [3.05, 3.63) is 35.9 Å². The predicted octanol–water partition coefficient (Wildman–Crippen LogP) is 2.22. The first-order chi connectivity index (χ1) is 5.65. The van der Waals surface area contributed by atoms with Crippen molar-refractivity contribution in [3.63, 3.8) is 0 Å². The van der Waals surface area contributed by atoms with Crippen LogP contribution >= 0.6 is 0 Å². The number of hydrogen-bond acceptors (Lipinski definition) is 3. The molecule has 3 heteroatoms. The van der Waals surface area contributed by atoms with Crippen LogP contribution in [0.3, 0.4) is 0 Å². The average Bonchev–Trinajstić information content (AvgIpc) is 2.05. The molecule has 0 amide bonds. The molecule has 1 aromatic rings. The van der Waals surface area contributed by atoms with Crippen molar-refractivity contribution in [2.24, 2.45) is 0 Å². The summed E-state index contributed by atoms with van der Waals surface area (Å²) in [5, 5.41) is 17.5. The maximum absolute atomic E-state index is 8.69. The van der Waals surface area contributed by atoms with Crippen LogP contribution in [0.5, 0.6) is 0 Å². The minimum atomic E-state index is 0.0897. The van der Waals surface area contributed by atoms with Gasteiger partial charge in [-0.3, -0.25) is 10.4 Å². The molecule has 0 saturated heterocycles. The molecule has 0 spiro atoms.